The zero-order valence-corrected chi connectivity index (χ0v) is 14.1. The standard InChI is InChI=1S/C18H22N2O4/c1-18(2,11-21)17(24)16(23)14-8-13(10-20(14)3)15(22)7-12-5-4-6-19-9-12/h4-6,8-10,17,21,24H,7,11H2,1-3H3/t17-/m0/s1. The lowest BCUT2D eigenvalue weighted by molar-refractivity contribution is 0.0123. The van der Waals surface area contributed by atoms with Crippen molar-refractivity contribution in [2.45, 2.75) is 26.4 Å². The summed E-state index contributed by atoms with van der Waals surface area (Å²) in [6, 6.07) is 5.06. The van der Waals surface area contributed by atoms with Crippen molar-refractivity contribution in [3.63, 3.8) is 0 Å². The predicted octanol–water partition coefficient (Wildman–Crippen LogP) is 1.41. The number of hydrogen-bond donors (Lipinski definition) is 2. The van der Waals surface area contributed by atoms with Gasteiger partial charge < -0.3 is 14.8 Å². The molecule has 2 aromatic rings. The van der Waals surface area contributed by atoms with E-state index in [0.29, 0.717) is 5.56 Å². The van der Waals surface area contributed by atoms with Gasteiger partial charge in [0.25, 0.3) is 0 Å². The number of aliphatic hydroxyl groups excluding tert-OH is 2. The second-order valence-corrected chi connectivity index (χ2v) is 6.60. The summed E-state index contributed by atoms with van der Waals surface area (Å²) < 4.78 is 1.52. The Kier molecular flexibility index (Phi) is 5.31. The summed E-state index contributed by atoms with van der Waals surface area (Å²) in [4.78, 5) is 28.8. The number of carbonyl (C=O) groups is 2. The number of aryl methyl sites for hydroxylation is 1. The van der Waals surface area contributed by atoms with Crippen LogP contribution in [-0.4, -0.2) is 44.0 Å². The molecule has 0 saturated heterocycles. The van der Waals surface area contributed by atoms with Crippen molar-refractivity contribution in [3.8, 4) is 0 Å². The molecule has 0 aliphatic heterocycles. The Labute approximate surface area is 140 Å². The van der Waals surface area contributed by atoms with E-state index >= 15 is 0 Å². The highest BCUT2D eigenvalue weighted by Crippen LogP contribution is 2.24. The third-order valence-corrected chi connectivity index (χ3v) is 4.06. The summed E-state index contributed by atoms with van der Waals surface area (Å²) in [6.07, 6.45) is 3.68. The molecule has 0 amide bonds. The summed E-state index contributed by atoms with van der Waals surface area (Å²) in [5.41, 5.74) is 0.472. The fourth-order valence-corrected chi connectivity index (χ4v) is 2.33. The molecule has 0 fully saturated rings. The molecule has 6 heteroatoms. The topological polar surface area (TPSA) is 92.4 Å². The maximum Gasteiger partial charge on any atom is 0.208 e. The minimum absolute atomic E-state index is 0.131. The first kappa shape index (κ1) is 18.0. The molecule has 2 aromatic heterocycles. The molecule has 6 nitrogen and oxygen atoms in total. The van der Waals surface area contributed by atoms with Gasteiger partial charge in [-0.2, -0.15) is 0 Å². The summed E-state index contributed by atoms with van der Waals surface area (Å²) in [6.45, 7) is 2.89. The van der Waals surface area contributed by atoms with E-state index in [1.165, 1.54) is 10.6 Å². The van der Waals surface area contributed by atoms with Crippen molar-refractivity contribution >= 4 is 11.6 Å². The van der Waals surface area contributed by atoms with E-state index in [0.717, 1.165) is 5.56 Å². The van der Waals surface area contributed by atoms with Gasteiger partial charge in [0.05, 0.1) is 12.3 Å². The van der Waals surface area contributed by atoms with Crippen molar-refractivity contribution in [1.82, 2.24) is 9.55 Å². The zero-order valence-electron chi connectivity index (χ0n) is 14.1. The molecule has 2 heterocycles. The molecule has 0 aromatic carbocycles. The fourth-order valence-electron chi connectivity index (χ4n) is 2.33. The molecule has 2 N–H and O–H groups in total. The number of carbonyl (C=O) groups excluding carboxylic acids is 2. The van der Waals surface area contributed by atoms with Crippen LogP contribution in [-0.2, 0) is 13.5 Å². The van der Waals surface area contributed by atoms with Crippen LogP contribution in [0, 0.1) is 5.41 Å². The average Bonchev–Trinajstić information content (AvgIpc) is 2.96. The molecule has 0 spiro atoms. The van der Waals surface area contributed by atoms with E-state index in [1.54, 1.807) is 45.6 Å². The molecule has 24 heavy (non-hydrogen) atoms. The van der Waals surface area contributed by atoms with Gasteiger partial charge in [-0.25, -0.2) is 0 Å². The highest BCUT2D eigenvalue weighted by molar-refractivity contribution is 6.03. The van der Waals surface area contributed by atoms with Gasteiger partial charge in [0, 0.05) is 43.0 Å². The van der Waals surface area contributed by atoms with Crippen LogP contribution in [0.15, 0.2) is 36.8 Å². The van der Waals surface area contributed by atoms with Crippen molar-refractivity contribution in [2.75, 3.05) is 6.61 Å². The Morgan fingerprint density at radius 1 is 1.38 bits per heavy atom. The minimum atomic E-state index is -1.35. The van der Waals surface area contributed by atoms with Crippen molar-refractivity contribution < 1.29 is 19.8 Å². The lowest BCUT2D eigenvalue weighted by atomic mass is 9.84. The molecular weight excluding hydrogens is 308 g/mol. The highest BCUT2D eigenvalue weighted by atomic mass is 16.3. The number of hydrogen-bond acceptors (Lipinski definition) is 5. The number of aromatic nitrogens is 2. The molecule has 0 unspecified atom stereocenters. The fraction of sp³-hybridized carbons (Fsp3) is 0.389. The van der Waals surface area contributed by atoms with Gasteiger partial charge >= 0.3 is 0 Å². The molecule has 128 valence electrons. The maximum absolute atomic E-state index is 12.5. The van der Waals surface area contributed by atoms with Gasteiger partial charge in [-0.05, 0) is 17.7 Å². The molecule has 1 atom stereocenters. The molecule has 0 saturated carbocycles. The molecule has 0 bridgehead atoms. The average molecular weight is 330 g/mol. The van der Waals surface area contributed by atoms with Crippen LogP contribution in [0.2, 0.25) is 0 Å². The Balaban J connectivity index is 2.21. The number of aliphatic hydroxyl groups is 2. The molecule has 2 rings (SSSR count). The number of ketones is 2. The van der Waals surface area contributed by atoms with Gasteiger partial charge in [-0.1, -0.05) is 19.9 Å². The lowest BCUT2D eigenvalue weighted by Crippen LogP contribution is -2.39. The van der Waals surface area contributed by atoms with Gasteiger partial charge in [0.2, 0.25) is 5.78 Å². The highest BCUT2D eigenvalue weighted by Gasteiger charge is 2.34. The van der Waals surface area contributed by atoms with Gasteiger partial charge in [0.15, 0.2) is 5.78 Å². The van der Waals surface area contributed by atoms with Crippen LogP contribution in [0.4, 0.5) is 0 Å². The Morgan fingerprint density at radius 2 is 2.08 bits per heavy atom. The number of rotatable bonds is 7. The first-order chi connectivity index (χ1) is 11.3. The minimum Gasteiger partial charge on any atom is -0.396 e. The SMILES string of the molecule is Cn1cc(C(=O)Cc2cccnc2)cc1C(=O)[C@H](O)C(C)(C)CO. The quantitative estimate of drug-likeness (QED) is 0.749. The smallest absolute Gasteiger partial charge is 0.208 e. The second-order valence-electron chi connectivity index (χ2n) is 6.60. The first-order valence-corrected chi connectivity index (χ1v) is 7.68. The van der Waals surface area contributed by atoms with Crippen LogP contribution in [0.5, 0.6) is 0 Å². The Hall–Kier alpha value is -2.31. The molecule has 0 aliphatic carbocycles. The Bertz CT molecular complexity index is 735. The zero-order chi connectivity index (χ0) is 17.9. The van der Waals surface area contributed by atoms with E-state index in [9.17, 15) is 19.8 Å². The normalized spacial score (nSPS) is 12.9. The third-order valence-electron chi connectivity index (χ3n) is 4.06. The molecular formula is C18H22N2O4. The second kappa shape index (κ2) is 7.07. The van der Waals surface area contributed by atoms with Crippen molar-refractivity contribution in [3.05, 3.63) is 53.6 Å². The monoisotopic (exact) mass is 330 g/mol. The van der Waals surface area contributed by atoms with Crippen molar-refractivity contribution in [1.29, 1.82) is 0 Å². The van der Waals surface area contributed by atoms with Crippen LogP contribution < -0.4 is 0 Å². The van der Waals surface area contributed by atoms with E-state index in [-0.39, 0.29) is 24.5 Å². The summed E-state index contributed by atoms with van der Waals surface area (Å²) in [5.74, 6) is -0.648. The van der Waals surface area contributed by atoms with Crippen LogP contribution in [0.1, 0.15) is 40.3 Å². The summed E-state index contributed by atoms with van der Waals surface area (Å²) in [7, 11) is 1.65. The van der Waals surface area contributed by atoms with E-state index in [2.05, 4.69) is 4.98 Å². The van der Waals surface area contributed by atoms with Gasteiger partial charge in [0.1, 0.15) is 6.10 Å². The van der Waals surface area contributed by atoms with E-state index < -0.39 is 17.3 Å². The predicted molar refractivity (Wildman–Crippen MR) is 88.9 cm³/mol. The third kappa shape index (κ3) is 3.77. The van der Waals surface area contributed by atoms with Crippen LogP contribution >= 0.6 is 0 Å². The number of Topliss-reactive ketones (excluding diaryl/α,β-unsaturated/α-hetero) is 2. The number of nitrogens with zero attached hydrogens (tertiary/aromatic N) is 2. The maximum atomic E-state index is 12.5. The Morgan fingerprint density at radius 3 is 2.67 bits per heavy atom. The van der Waals surface area contributed by atoms with E-state index in [4.69, 9.17) is 0 Å². The number of pyridine rings is 1. The van der Waals surface area contributed by atoms with Crippen LogP contribution in [0.25, 0.3) is 0 Å². The summed E-state index contributed by atoms with van der Waals surface area (Å²) in [5, 5.41) is 19.5. The van der Waals surface area contributed by atoms with Gasteiger partial charge in [-0.15, -0.1) is 0 Å². The van der Waals surface area contributed by atoms with Crippen molar-refractivity contribution in [2.24, 2.45) is 12.5 Å². The van der Waals surface area contributed by atoms with Gasteiger partial charge in [-0.3, -0.25) is 14.6 Å². The van der Waals surface area contributed by atoms with E-state index in [1.807, 2.05) is 6.07 Å². The van der Waals surface area contributed by atoms with Crippen LogP contribution in [0.3, 0.4) is 0 Å². The molecule has 0 radical (unpaired) electrons. The summed E-state index contributed by atoms with van der Waals surface area (Å²) >= 11 is 0. The molecule has 0 aliphatic rings. The largest absolute Gasteiger partial charge is 0.396 e. The lowest BCUT2D eigenvalue weighted by Gasteiger charge is -2.27. The first-order valence-electron chi connectivity index (χ1n) is 7.68.